The molecule has 0 N–H and O–H groups in total. The van der Waals surface area contributed by atoms with Crippen LogP contribution in [0.1, 0.15) is 12.8 Å². The second-order valence-electron chi connectivity index (χ2n) is 3.14. The molecule has 1 atom stereocenters. The first-order valence-electron chi connectivity index (χ1n) is 4.48. The Morgan fingerprint density at radius 3 is 2.69 bits per heavy atom. The van der Waals surface area contributed by atoms with Gasteiger partial charge in [0.15, 0.2) is 0 Å². The molecule has 1 saturated carbocycles. The molecule has 0 spiro atoms. The van der Waals surface area contributed by atoms with Crippen molar-refractivity contribution in [2.24, 2.45) is 5.92 Å². The van der Waals surface area contributed by atoms with Crippen LogP contribution < -0.4 is 0 Å². The second kappa shape index (κ2) is 5.50. The molecular formula is C9H16O3S. The highest BCUT2D eigenvalue weighted by atomic mass is 32.2. The maximum absolute atomic E-state index is 11.3. The summed E-state index contributed by atoms with van der Waals surface area (Å²) >= 11 is 1.65. The zero-order valence-electron chi connectivity index (χ0n) is 8.12. The molecule has 0 heterocycles. The van der Waals surface area contributed by atoms with Gasteiger partial charge in [0.2, 0.25) is 0 Å². The van der Waals surface area contributed by atoms with Gasteiger partial charge in [-0.2, -0.15) is 0 Å². The number of hydrogen-bond donors (Lipinski definition) is 0. The molecule has 0 saturated heterocycles. The van der Waals surface area contributed by atoms with E-state index in [1.165, 1.54) is 20.0 Å². The molecule has 0 amide bonds. The van der Waals surface area contributed by atoms with Crippen LogP contribution in [-0.2, 0) is 14.3 Å². The summed E-state index contributed by atoms with van der Waals surface area (Å²) in [6.07, 6.45) is 2.33. The van der Waals surface area contributed by atoms with Crippen LogP contribution in [0.15, 0.2) is 0 Å². The summed E-state index contributed by atoms with van der Waals surface area (Å²) in [5, 5.41) is 0.0418. The average molecular weight is 204 g/mol. The monoisotopic (exact) mass is 204 g/mol. The Morgan fingerprint density at radius 2 is 2.23 bits per heavy atom. The van der Waals surface area contributed by atoms with Crippen molar-refractivity contribution in [3.05, 3.63) is 0 Å². The van der Waals surface area contributed by atoms with Crippen LogP contribution in [0.5, 0.6) is 0 Å². The first kappa shape index (κ1) is 10.9. The summed E-state index contributed by atoms with van der Waals surface area (Å²) in [4.78, 5) is 11.3. The molecule has 76 valence electrons. The van der Waals surface area contributed by atoms with Crippen LogP contribution in [0.25, 0.3) is 0 Å². The molecule has 1 aliphatic rings. The maximum atomic E-state index is 11.3. The van der Waals surface area contributed by atoms with Gasteiger partial charge in [0.1, 0.15) is 5.25 Å². The van der Waals surface area contributed by atoms with E-state index >= 15 is 0 Å². The van der Waals surface area contributed by atoms with Crippen LogP contribution >= 0.6 is 11.8 Å². The minimum Gasteiger partial charge on any atom is -0.468 e. The van der Waals surface area contributed by atoms with Gasteiger partial charge in [-0.15, -0.1) is 11.8 Å². The lowest BCUT2D eigenvalue weighted by molar-refractivity contribution is -0.140. The number of esters is 1. The van der Waals surface area contributed by atoms with Crippen LogP contribution in [-0.4, -0.2) is 37.8 Å². The van der Waals surface area contributed by atoms with Crippen LogP contribution in [0, 0.1) is 5.92 Å². The van der Waals surface area contributed by atoms with Crippen molar-refractivity contribution in [1.29, 1.82) is 0 Å². The Morgan fingerprint density at radius 1 is 1.54 bits per heavy atom. The summed E-state index contributed by atoms with van der Waals surface area (Å²) in [6, 6.07) is 0. The van der Waals surface area contributed by atoms with E-state index in [9.17, 15) is 4.79 Å². The highest BCUT2D eigenvalue weighted by Crippen LogP contribution is 2.39. The molecule has 3 nitrogen and oxygen atoms in total. The molecule has 4 heteroatoms. The van der Waals surface area contributed by atoms with Crippen molar-refractivity contribution in [3.8, 4) is 0 Å². The van der Waals surface area contributed by atoms with Gasteiger partial charge in [0.25, 0.3) is 0 Å². The van der Waals surface area contributed by atoms with Crippen molar-refractivity contribution in [1.82, 2.24) is 0 Å². The Hall–Kier alpha value is -0.220. The SMILES string of the molecule is COCCSC(C(=O)OC)C1CC1. The van der Waals surface area contributed by atoms with E-state index < -0.39 is 0 Å². The summed E-state index contributed by atoms with van der Waals surface area (Å²) in [7, 11) is 3.12. The number of thioether (sulfide) groups is 1. The van der Waals surface area contributed by atoms with E-state index in [0.29, 0.717) is 12.5 Å². The van der Waals surface area contributed by atoms with E-state index in [2.05, 4.69) is 0 Å². The molecule has 0 aromatic heterocycles. The van der Waals surface area contributed by atoms with Gasteiger partial charge in [-0.3, -0.25) is 4.79 Å². The lowest BCUT2D eigenvalue weighted by Gasteiger charge is -2.12. The second-order valence-corrected chi connectivity index (χ2v) is 4.39. The topological polar surface area (TPSA) is 35.5 Å². The van der Waals surface area contributed by atoms with Crippen LogP contribution in [0.3, 0.4) is 0 Å². The molecule has 13 heavy (non-hydrogen) atoms. The highest BCUT2D eigenvalue weighted by molar-refractivity contribution is 8.00. The molecule has 1 fully saturated rings. The lowest BCUT2D eigenvalue weighted by Crippen LogP contribution is -2.22. The first-order valence-corrected chi connectivity index (χ1v) is 5.53. The standard InChI is InChI=1S/C9H16O3S/c1-11-5-6-13-8(7-3-4-7)9(10)12-2/h7-8H,3-6H2,1-2H3. The molecule has 1 rings (SSSR count). The average Bonchev–Trinajstić information content (AvgIpc) is 2.95. The Kier molecular flexibility index (Phi) is 4.59. The largest absolute Gasteiger partial charge is 0.468 e. The number of ether oxygens (including phenoxy) is 2. The van der Waals surface area contributed by atoms with E-state index in [1.54, 1.807) is 18.9 Å². The van der Waals surface area contributed by atoms with Crippen molar-refractivity contribution < 1.29 is 14.3 Å². The molecule has 0 aromatic rings. The zero-order valence-corrected chi connectivity index (χ0v) is 8.93. The van der Waals surface area contributed by atoms with Crippen molar-refractivity contribution >= 4 is 17.7 Å². The Labute approximate surface area is 83.2 Å². The third-order valence-corrected chi connectivity index (χ3v) is 3.41. The summed E-state index contributed by atoms with van der Waals surface area (Å²) in [6.45, 7) is 0.699. The molecule has 0 aliphatic heterocycles. The predicted octanol–water partition coefficient (Wildman–Crippen LogP) is 1.32. The van der Waals surface area contributed by atoms with Gasteiger partial charge in [0, 0.05) is 12.9 Å². The van der Waals surface area contributed by atoms with Crippen molar-refractivity contribution in [2.75, 3.05) is 26.6 Å². The molecule has 0 aromatic carbocycles. The van der Waals surface area contributed by atoms with Gasteiger partial charge < -0.3 is 9.47 Å². The molecule has 1 unspecified atom stereocenters. The fourth-order valence-corrected chi connectivity index (χ4v) is 2.46. The molecule has 0 bridgehead atoms. The van der Waals surface area contributed by atoms with E-state index in [0.717, 1.165) is 5.75 Å². The fourth-order valence-electron chi connectivity index (χ4n) is 1.17. The zero-order chi connectivity index (χ0) is 9.68. The van der Waals surface area contributed by atoms with Crippen molar-refractivity contribution in [3.63, 3.8) is 0 Å². The minimum absolute atomic E-state index is 0.0418. The van der Waals surface area contributed by atoms with Crippen molar-refractivity contribution in [2.45, 2.75) is 18.1 Å². The number of carbonyl (C=O) groups excluding carboxylic acids is 1. The third kappa shape index (κ3) is 3.56. The van der Waals surface area contributed by atoms with Crippen LogP contribution in [0.2, 0.25) is 0 Å². The highest BCUT2D eigenvalue weighted by Gasteiger charge is 2.36. The number of hydrogen-bond acceptors (Lipinski definition) is 4. The number of rotatable bonds is 6. The lowest BCUT2D eigenvalue weighted by atomic mass is 10.3. The van der Waals surface area contributed by atoms with E-state index in [-0.39, 0.29) is 11.2 Å². The quantitative estimate of drug-likeness (QED) is 0.483. The third-order valence-electron chi connectivity index (χ3n) is 2.07. The minimum atomic E-state index is -0.0800. The normalized spacial score (nSPS) is 18.3. The van der Waals surface area contributed by atoms with Gasteiger partial charge in [0.05, 0.1) is 13.7 Å². The summed E-state index contributed by atoms with van der Waals surface area (Å²) in [5.74, 6) is 1.34. The fraction of sp³-hybridized carbons (Fsp3) is 0.889. The van der Waals surface area contributed by atoms with Gasteiger partial charge >= 0.3 is 5.97 Å². The summed E-state index contributed by atoms with van der Waals surface area (Å²) < 4.78 is 9.68. The molecular weight excluding hydrogens is 188 g/mol. The maximum Gasteiger partial charge on any atom is 0.319 e. The van der Waals surface area contributed by atoms with E-state index in [4.69, 9.17) is 9.47 Å². The van der Waals surface area contributed by atoms with Gasteiger partial charge in [-0.05, 0) is 18.8 Å². The first-order chi connectivity index (χ1) is 6.29. The van der Waals surface area contributed by atoms with Crippen LogP contribution in [0.4, 0.5) is 0 Å². The molecule has 0 radical (unpaired) electrons. The predicted molar refractivity (Wildman–Crippen MR) is 52.9 cm³/mol. The van der Waals surface area contributed by atoms with Gasteiger partial charge in [-0.25, -0.2) is 0 Å². The molecule has 1 aliphatic carbocycles. The Bertz CT molecular complexity index is 168. The van der Waals surface area contributed by atoms with Gasteiger partial charge in [-0.1, -0.05) is 0 Å². The number of methoxy groups -OCH3 is 2. The number of carbonyl (C=O) groups is 1. The van der Waals surface area contributed by atoms with E-state index in [1.807, 2.05) is 0 Å². The Balaban J connectivity index is 2.25. The summed E-state index contributed by atoms with van der Waals surface area (Å²) in [5.41, 5.74) is 0. The smallest absolute Gasteiger partial charge is 0.319 e.